The summed E-state index contributed by atoms with van der Waals surface area (Å²) in [6.07, 6.45) is 2.40. The highest BCUT2D eigenvalue weighted by atomic mass is 19.1. The van der Waals surface area contributed by atoms with Crippen molar-refractivity contribution >= 4 is 17.6 Å². The molecule has 11 heteroatoms. The van der Waals surface area contributed by atoms with Crippen molar-refractivity contribution in [2.24, 2.45) is 0 Å². The number of anilines is 1. The van der Waals surface area contributed by atoms with E-state index in [9.17, 15) is 18.4 Å². The molecular weight excluding hydrogens is 388 g/mol. The number of hydrogen-bond acceptors (Lipinski definition) is 5. The molecule has 2 heterocycles. The van der Waals surface area contributed by atoms with E-state index >= 15 is 0 Å². The molecule has 0 aliphatic rings. The van der Waals surface area contributed by atoms with Crippen molar-refractivity contribution in [2.45, 2.75) is 27.1 Å². The van der Waals surface area contributed by atoms with E-state index in [2.05, 4.69) is 15.5 Å². The summed E-state index contributed by atoms with van der Waals surface area (Å²) in [5.74, 6) is -3.24. The number of aromatic carboxylic acids is 1. The second-order valence-electron chi connectivity index (χ2n) is 6.17. The Hall–Kier alpha value is -3.76. The van der Waals surface area contributed by atoms with Crippen molar-refractivity contribution in [3.05, 3.63) is 59.2 Å². The Morgan fingerprint density at radius 1 is 1.28 bits per heavy atom. The summed E-state index contributed by atoms with van der Waals surface area (Å²) in [5.41, 5.74) is 1.49. The van der Waals surface area contributed by atoms with E-state index in [1.165, 1.54) is 21.6 Å². The molecule has 2 aromatic heterocycles. The van der Waals surface area contributed by atoms with Crippen LogP contribution in [0.25, 0.3) is 0 Å². The zero-order valence-electron chi connectivity index (χ0n) is 15.5. The predicted molar refractivity (Wildman–Crippen MR) is 96.5 cm³/mol. The Labute approximate surface area is 163 Å². The summed E-state index contributed by atoms with van der Waals surface area (Å²) in [6.45, 7) is 3.03. The van der Waals surface area contributed by atoms with Crippen LogP contribution in [0, 0.1) is 25.5 Å². The molecule has 0 atom stereocenters. The van der Waals surface area contributed by atoms with Gasteiger partial charge in [-0.05, 0) is 26.0 Å². The Balaban J connectivity index is 1.66. The number of benzene rings is 1. The van der Waals surface area contributed by atoms with Crippen LogP contribution in [0.3, 0.4) is 0 Å². The molecule has 0 fully saturated rings. The average Bonchev–Trinajstić information content (AvgIpc) is 3.21. The summed E-state index contributed by atoms with van der Waals surface area (Å²) in [5, 5.41) is 19.6. The number of aromatic nitrogens is 4. The highest BCUT2D eigenvalue weighted by Crippen LogP contribution is 2.22. The van der Waals surface area contributed by atoms with Gasteiger partial charge < -0.3 is 15.2 Å². The van der Waals surface area contributed by atoms with Crippen LogP contribution in [0.2, 0.25) is 0 Å². The molecule has 2 N–H and O–H groups in total. The number of carboxylic acids is 1. The smallest absolute Gasteiger partial charge is 0.338 e. The van der Waals surface area contributed by atoms with Gasteiger partial charge in [0, 0.05) is 12.3 Å². The molecule has 0 bridgehead atoms. The molecule has 1 aromatic carbocycles. The molecule has 0 saturated carbocycles. The largest absolute Gasteiger partial charge is 0.478 e. The van der Waals surface area contributed by atoms with Crippen molar-refractivity contribution in [3.63, 3.8) is 0 Å². The van der Waals surface area contributed by atoms with Gasteiger partial charge in [-0.3, -0.25) is 9.48 Å². The molecule has 0 saturated heterocycles. The van der Waals surface area contributed by atoms with E-state index in [0.717, 1.165) is 12.3 Å². The number of hydrogen-bond donors (Lipinski definition) is 2. The Bertz CT molecular complexity index is 1080. The highest BCUT2D eigenvalue weighted by Gasteiger charge is 2.16. The monoisotopic (exact) mass is 405 g/mol. The molecule has 29 heavy (non-hydrogen) atoms. The van der Waals surface area contributed by atoms with Gasteiger partial charge in [-0.1, -0.05) is 0 Å². The van der Waals surface area contributed by atoms with Crippen molar-refractivity contribution < 1.29 is 28.2 Å². The van der Waals surface area contributed by atoms with Gasteiger partial charge in [0.25, 0.3) is 0 Å². The Morgan fingerprint density at radius 2 is 2.03 bits per heavy atom. The lowest BCUT2D eigenvalue weighted by Crippen LogP contribution is -2.20. The predicted octanol–water partition coefficient (Wildman–Crippen LogP) is 2.35. The minimum Gasteiger partial charge on any atom is -0.478 e. The zero-order chi connectivity index (χ0) is 21.1. The van der Waals surface area contributed by atoms with E-state index < -0.39 is 23.5 Å². The zero-order valence-corrected chi connectivity index (χ0v) is 15.5. The van der Waals surface area contributed by atoms with E-state index in [1.807, 2.05) is 0 Å². The van der Waals surface area contributed by atoms with Crippen LogP contribution in [0.5, 0.6) is 5.75 Å². The third-order valence-electron chi connectivity index (χ3n) is 4.07. The van der Waals surface area contributed by atoms with Gasteiger partial charge in [0.1, 0.15) is 12.4 Å². The second kappa shape index (κ2) is 8.09. The summed E-state index contributed by atoms with van der Waals surface area (Å²) in [6, 6.07) is 2.97. The van der Waals surface area contributed by atoms with E-state index in [1.54, 1.807) is 13.8 Å². The second-order valence-corrected chi connectivity index (χ2v) is 6.17. The van der Waals surface area contributed by atoms with Crippen molar-refractivity contribution in [3.8, 4) is 5.75 Å². The van der Waals surface area contributed by atoms with E-state index in [4.69, 9.17) is 9.84 Å². The fraction of sp³-hybridized carbons (Fsp3) is 0.222. The molecule has 0 spiro atoms. The van der Waals surface area contributed by atoms with Gasteiger partial charge in [-0.2, -0.15) is 10.2 Å². The van der Waals surface area contributed by atoms with Gasteiger partial charge in [0.15, 0.2) is 18.3 Å². The average molecular weight is 405 g/mol. The van der Waals surface area contributed by atoms with Gasteiger partial charge in [-0.15, -0.1) is 0 Å². The number of rotatable bonds is 7. The number of nitrogens with one attached hydrogen (secondary N) is 1. The molecule has 0 radical (unpaired) electrons. The molecule has 0 aliphatic heterocycles. The maximum absolute atomic E-state index is 13.7. The van der Waals surface area contributed by atoms with E-state index in [0.29, 0.717) is 23.1 Å². The topological polar surface area (TPSA) is 111 Å². The van der Waals surface area contributed by atoms with Crippen molar-refractivity contribution in [2.75, 3.05) is 5.32 Å². The molecule has 9 nitrogen and oxygen atoms in total. The first-order valence-corrected chi connectivity index (χ1v) is 8.42. The van der Waals surface area contributed by atoms with Crippen molar-refractivity contribution in [1.82, 2.24) is 19.6 Å². The lowest BCUT2D eigenvalue weighted by atomic mass is 10.3. The third kappa shape index (κ3) is 4.57. The number of carbonyl (C=O) groups excluding carboxylic acids is 1. The number of ether oxygens (including phenoxy) is 1. The number of carboxylic acid groups (broad SMARTS) is 1. The normalized spacial score (nSPS) is 10.8. The van der Waals surface area contributed by atoms with Gasteiger partial charge >= 0.3 is 5.97 Å². The summed E-state index contributed by atoms with van der Waals surface area (Å²) < 4.78 is 34.6. The van der Waals surface area contributed by atoms with E-state index in [-0.39, 0.29) is 24.6 Å². The fourth-order valence-electron chi connectivity index (χ4n) is 2.61. The summed E-state index contributed by atoms with van der Waals surface area (Å²) in [4.78, 5) is 23.1. The lowest BCUT2D eigenvalue weighted by Gasteiger charge is -2.09. The molecule has 3 rings (SSSR count). The molecule has 0 unspecified atom stereocenters. The lowest BCUT2D eigenvalue weighted by molar-refractivity contribution is -0.116. The molecule has 152 valence electrons. The summed E-state index contributed by atoms with van der Waals surface area (Å²) >= 11 is 0. The third-order valence-corrected chi connectivity index (χ3v) is 4.07. The number of amides is 1. The number of halogens is 2. The molecule has 3 aromatic rings. The fourth-order valence-corrected chi connectivity index (χ4v) is 2.61. The first-order chi connectivity index (χ1) is 13.7. The molecular formula is C18H17F2N5O4. The minimum absolute atomic E-state index is 0.0249. The van der Waals surface area contributed by atoms with Crippen LogP contribution in [0.1, 0.15) is 21.7 Å². The minimum atomic E-state index is -1.14. The Kier molecular flexibility index (Phi) is 5.57. The number of carbonyl (C=O) groups is 2. The van der Waals surface area contributed by atoms with Crippen LogP contribution in [-0.2, 0) is 18.1 Å². The Morgan fingerprint density at radius 3 is 2.69 bits per heavy atom. The number of nitrogens with zero attached hydrogens (tertiary/aromatic N) is 4. The van der Waals surface area contributed by atoms with Crippen LogP contribution >= 0.6 is 0 Å². The highest BCUT2D eigenvalue weighted by molar-refractivity contribution is 5.92. The van der Waals surface area contributed by atoms with Crippen LogP contribution in [-0.4, -0.2) is 36.5 Å². The molecule has 1 amide bonds. The van der Waals surface area contributed by atoms with Crippen LogP contribution in [0.4, 0.5) is 14.5 Å². The number of aryl methyl sites for hydroxylation is 1. The quantitative estimate of drug-likeness (QED) is 0.624. The maximum atomic E-state index is 13.7. The van der Waals surface area contributed by atoms with Crippen LogP contribution in [0.15, 0.2) is 30.6 Å². The maximum Gasteiger partial charge on any atom is 0.338 e. The van der Waals surface area contributed by atoms with Gasteiger partial charge in [0.2, 0.25) is 5.91 Å². The first-order valence-electron chi connectivity index (χ1n) is 8.42. The molecule has 0 aliphatic carbocycles. The summed E-state index contributed by atoms with van der Waals surface area (Å²) in [7, 11) is 0. The van der Waals surface area contributed by atoms with Gasteiger partial charge in [0.05, 0.1) is 28.8 Å². The van der Waals surface area contributed by atoms with Gasteiger partial charge in [-0.25, -0.2) is 18.3 Å². The SMILES string of the molecule is Cc1nn(COc2ccc(F)cc2F)c(C)c1NC(=O)Cn1cc(C(=O)O)cn1. The van der Waals surface area contributed by atoms with Crippen molar-refractivity contribution in [1.29, 1.82) is 0 Å². The van der Waals surface area contributed by atoms with Crippen LogP contribution < -0.4 is 10.1 Å². The standard InChI is InChI=1S/C18H17F2N5O4/c1-10-17(22-16(26)8-24-7-12(6-21-24)18(27)28)11(2)25(23-10)9-29-15-4-3-13(19)5-14(15)20/h3-7H,8-9H2,1-2H3,(H,22,26)(H,27,28). The first kappa shape index (κ1) is 20.0.